The molecule has 1 heterocycles. The standard InChI is InChI=1S/C54H99NO8/c1-3-5-7-9-11-13-15-16-17-18-19-20-21-22-23-24-25-26-27-28-29-30-31-32-33-34-35-37-39-41-43-48(57)47(46-62-54-53(61)52(60)51(59)49(45-56)63-54)55-50(58)44-42-40-38-36-14-12-10-8-6-4-2/h8,10,30-31,34-35,41,43,47-49,51-54,56-57,59-61H,3-7,9,11-29,32-33,36-40,42,44-46H2,1-2H3,(H,55,58)/b10-8-,31-30+,35-34+,43-41+. The molecule has 0 aromatic carbocycles. The fourth-order valence-corrected chi connectivity index (χ4v) is 8.13. The smallest absolute Gasteiger partial charge is 0.220 e. The number of aliphatic hydroxyl groups excluding tert-OH is 5. The predicted molar refractivity (Wildman–Crippen MR) is 263 cm³/mol. The number of hydrogen-bond donors (Lipinski definition) is 6. The van der Waals surface area contributed by atoms with Gasteiger partial charge in [-0.1, -0.05) is 210 Å². The van der Waals surface area contributed by atoms with Gasteiger partial charge < -0.3 is 40.3 Å². The summed E-state index contributed by atoms with van der Waals surface area (Å²) in [4.78, 5) is 12.9. The van der Waals surface area contributed by atoms with Crippen molar-refractivity contribution in [1.82, 2.24) is 5.32 Å². The minimum absolute atomic E-state index is 0.204. The number of ether oxygens (including phenoxy) is 2. The van der Waals surface area contributed by atoms with Crippen LogP contribution in [0.5, 0.6) is 0 Å². The lowest BCUT2D eigenvalue weighted by atomic mass is 9.99. The summed E-state index contributed by atoms with van der Waals surface area (Å²) < 4.78 is 11.2. The van der Waals surface area contributed by atoms with E-state index < -0.39 is 49.5 Å². The number of hydrogen-bond acceptors (Lipinski definition) is 8. The third-order valence-electron chi connectivity index (χ3n) is 12.3. The number of nitrogens with one attached hydrogen (secondary N) is 1. The molecule has 1 saturated heterocycles. The topological polar surface area (TPSA) is 149 Å². The van der Waals surface area contributed by atoms with E-state index in [1.165, 1.54) is 141 Å². The summed E-state index contributed by atoms with van der Waals surface area (Å²) in [6, 6.07) is -0.831. The third-order valence-corrected chi connectivity index (χ3v) is 12.3. The SMILES string of the molecule is CCC/C=C\CCCCCCCC(=O)NC(COC1OC(CO)C(O)C(O)C1O)C(O)/C=C/CC/C=C/CC/C=C/CCCCCCCCCCCCCCCCCCCCCC. The third kappa shape index (κ3) is 34.2. The molecule has 6 N–H and O–H groups in total. The molecule has 0 aromatic rings. The summed E-state index contributed by atoms with van der Waals surface area (Å²) >= 11 is 0. The van der Waals surface area contributed by atoms with Crippen LogP contribution in [0.25, 0.3) is 0 Å². The summed E-state index contributed by atoms with van der Waals surface area (Å²) in [6.45, 7) is 3.68. The zero-order chi connectivity index (χ0) is 45.9. The molecule has 7 atom stereocenters. The fourth-order valence-electron chi connectivity index (χ4n) is 8.13. The predicted octanol–water partition coefficient (Wildman–Crippen LogP) is 12.2. The first-order chi connectivity index (χ1) is 30.8. The highest BCUT2D eigenvalue weighted by Gasteiger charge is 2.44. The maximum absolute atomic E-state index is 12.9. The van der Waals surface area contributed by atoms with Crippen molar-refractivity contribution >= 4 is 5.91 Å². The Hall–Kier alpha value is -1.85. The first-order valence-electron chi connectivity index (χ1n) is 26.4. The van der Waals surface area contributed by atoms with E-state index in [0.29, 0.717) is 6.42 Å². The summed E-state index contributed by atoms with van der Waals surface area (Å²) in [7, 11) is 0. The number of rotatable bonds is 44. The van der Waals surface area contributed by atoms with Crippen LogP contribution in [0.2, 0.25) is 0 Å². The minimum Gasteiger partial charge on any atom is -0.394 e. The molecule has 368 valence electrons. The van der Waals surface area contributed by atoms with Crippen LogP contribution in [0.1, 0.15) is 232 Å². The Morgan fingerprint density at radius 1 is 0.524 bits per heavy atom. The Balaban J connectivity index is 2.21. The molecule has 1 rings (SSSR count). The second kappa shape index (κ2) is 44.0. The Morgan fingerprint density at radius 2 is 0.937 bits per heavy atom. The van der Waals surface area contributed by atoms with Crippen molar-refractivity contribution in [2.75, 3.05) is 13.2 Å². The molecule has 1 aliphatic rings. The van der Waals surface area contributed by atoms with Gasteiger partial charge in [-0.15, -0.1) is 0 Å². The van der Waals surface area contributed by atoms with Crippen LogP contribution >= 0.6 is 0 Å². The van der Waals surface area contributed by atoms with Gasteiger partial charge in [0.15, 0.2) is 6.29 Å². The lowest BCUT2D eigenvalue weighted by molar-refractivity contribution is -0.302. The summed E-state index contributed by atoms with van der Waals surface area (Å²) in [6.07, 6.45) is 50.6. The second-order valence-corrected chi connectivity index (χ2v) is 18.3. The van der Waals surface area contributed by atoms with Crippen molar-refractivity contribution in [3.05, 3.63) is 48.6 Å². The number of amides is 1. The summed E-state index contributed by atoms with van der Waals surface area (Å²) in [5.74, 6) is -0.204. The van der Waals surface area contributed by atoms with Gasteiger partial charge in [0.05, 0.1) is 25.4 Å². The molecular formula is C54H99NO8. The molecule has 7 unspecified atom stereocenters. The molecule has 0 bridgehead atoms. The van der Waals surface area contributed by atoms with Crippen molar-refractivity contribution in [2.45, 2.75) is 275 Å². The molecule has 0 spiro atoms. The maximum atomic E-state index is 12.9. The normalized spacial score (nSPS) is 20.5. The van der Waals surface area contributed by atoms with E-state index in [4.69, 9.17) is 9.47 Å². The maximum Gasteiger partial charge on any atom is 0.220 e. The van der Waals surface area contributed by atoms with Crippen LogP contribution in [0, 0.1) is 0 Å². The van der Waals surface area contributed by atoms with Gasteiger partial charge in [-0.2, -0.15) is 0 Å². The number of carbonyl (C=O) groups excluding carboxylic acids is 1. The molecule has 1 amide bonds. The molecule has 0 radical (unpaired) electrons. The highest BCUT2D eigenvalue weighted by atomic mass is 16.7. The van der Waals surface area contributed by atoms with Gasteiger partial charge in [-0.05, 0) is 64.2 Å². The van der Waals surface area contributed by atoms with Crippen LogP contribution in [-0.4, -0.2) is 87.5 Å². The van der Waals surface area contributed by atoms with Crippen LogP contribution in [-0.2, 0) is 14.3 Å². The van der Waals surface area contributed by atoms with Crippen molar-refractivity contribution in [2.24, 2.45) is 0 Å². The van der Waals surface area contributed by atoms with E-state index >= 15 is 0 Å². The average Bonchev–Trinajstić information content (AvgIpc) is 3.28. The first kappa shape index (κ1) is 59.2. The van der Waals surface area contributed by atoms with Gasteiger partial charge in [0.2, 0.25) is 5.91 Å². The minimum atomic E-state index is -1.58. The Morgan fingerprint density at radius 3 is 1.40 bits per heavy atom. The zero-order valence-corrected chi connectivity index (χ0v) is 40.6. The molecule has 9 nitrogen and oxygen atoms in total. The molecule has 1 aliphatic heterocycles. The van der Waals surface area contributed by atoms with Crippen LogP contribution in [0.4, 0.5) is 0 Å². The molecule has 1 fully saturated rings. The lowest BCUT2D eigenvalue weighted by Gasteiger charge is -2.40. The van der Waals surface area contributed by atoms with Crippen LogP contribution < -0.4 is 5.32 Å². The molecular weight excluding hydrogens is 791 g/mol. The van der Waals surface area contributed by atoms with Gasteiger partial charge >= 0.3 is 0 Å². The highest BCUT2D eigenvalue weighted by molar-refractivity contribution is 5.76. The fraction of sp³-hybridized carbons (Fsp3) is 0.833. The van der Waals surface area contributed by atoms with E-state index in [9.17, 15) is 30.3 Å². The summed E-state index contributed by atoms with van der Waals surface area (Å²) in [5.41, 5.74) is 0. The molecule has 63 heavy (non-hydrogen) atoms. The molecule has 0 aliphatic carbocycles. The monoisotopic (exact) mass is 890 g/mol. The largest absolute Gasteiger partial charge is 0.394 e. The second-order valence-electron chi connectivity index (χ2n) is 18.3. The lowest BCUT2D eigenvalue weighted by Crippen LogP contribution is -2.60. The van der Waals surface area contributed by atoms with Gasteiger partial charge in [0, 0.05) is 6.42 Å². The van der Waals surface area contributed by atoms with Crippen LogP contribution in [0.3, 0.4) is 0 Å². The Labute approximate surface area is 386 Å². The van der Waals surface area contributed by atoms with Crippen molar-refractivity contribution < 1.29 is 39.8 Å². The van der Waals surface area contributed by atoms with E-state index in [0.717, 1.165) is 70.6 Å². The van der Waals surface area contributed by atoms with Gasteiger partial charge in [-0.3, -0.25) is 4.79 Å². The quantitative estimate of drug-likeness (QED) is 0.0262. The van der Waals surface area contributed by atoms with Gasteiger partial charge in [-0.25, -0.2) is 0 Å². The Kier molecular flexibility index (Phi) is 41.3. The van der Waals surface area contributed by atoms with Crippen molar-refractivity contribution in [3.8, 4) is 0 Å². The zero-order valence-electron chi connectivity index (χ0n) is 40.6. The number of allylic oxidation sites excluding steroid dienone is 7. The van der Waals surface area contributed by atoms with E-state index in [1.54, 1.807) is 6.08 Å². The molecule has 0 saturated carbocycles. The molecule has 9 heteroatoms. The summed E-state index contributed by atoms with van der Waals surface area (Å²) in [5, 5.41) is 54.2. The number of aliphatic hydroxyl groups is 5. The van der Waals surface area contributed by atoms with Gasteiger partial charge in [0.1, 0.15) is 24.4 Å². The Bertz CT molecular complexity index is 1130. The van der Waals surface area contributed by atoms with Crippen LogP contribution in [0.15, 0.2) is 48.6 Å². The molecule has 0 aromatic heterocycles. The van der Waals surface area contributed by atoms with Gasteiger partial charge in [0.25, 0.3) is 0 Å². The van der Waals surface area contributed by atoms with E-state index in [2.05, 4.69) is 55.6 Å². The number of carbonyl (C=O) groups is 1. The first-order valence-corrected chi connectivity index (χ1v) is 26.4. The average molecular weight is 890 g/mol. The number of unbranched alkanes of at least 4 members (excludes halogenated alkanes) is 28. The van der Waals surface area contributed by atoms with E-state index in [-0.39, 0.29) is 12.5 Å². The highest BCUT2D eigenvalue weighted by Crippen LogP contribution is 2.23. The van der Waals surface area contributed by atoms with Crippen molar-refractivity contribution in [3.63, 3.8) is 0 Å². The van der Waals surface area contributed by atoms with Crippen molar-refractivity contribution in [1.29, 1.82) is 0 Å². The van der Waals surface area contributed by atoms with E-state index in [1.807, 2.05) is 6.08 Å².